The van der Waals surface area contributed by atoms with Gasteiger partial charge in [-0.3, -0.25) is 29.8 Å². The van der Waals surface area contributed by atoms with Crippen molar-refractivity contribution in [2.24, 2.45) is 0 Å². The minimum absolute atomic E-state index is 0.0244. The van der Waals surface area contributed by atoms with Crippen molar-refractivity contribution in [2.75, 3.05) is 0 Å². The zero-order chi connectivity index (χ0) is 56.6. The van der Waals surface area contributed by atoms with Crippen LogP contribution in [0.25, 0.3) is 87.2 Å². The molecule has 6 N–H and O–H groups in total. The molecule has 80 heavy (non-hydrogen) atoms. The third-order valence-electron chi connectivity index (χ3n) is 18.5. The maximum Gasteiger partial charge on any atom is 0.259 e. The summed E-state index contributed by atoms with van der Waals surface area (Å²) in [6, 6.07) is 27.2. The van der Waals surface area contributed by atoms with Gasteiger partial charge in [-0.2, -0.15) is 0 Å². The van der Waals surface area contributed by atoms with Crippen LogP contribution in [0.2, 0.25) is 36.3 Å². The lowest BCUT2D eigenvalue weighted by atomic mass is 9.96. The van der Waals surface area contributed by atoms with E-state index in [0.717, 1.165) is 86.3 Å². The molecule has 6 aromatic carbocycles. The molecule has 1 saturated carbocycles. The molecule has 18 heteroatoms. The number of aliphatic hydroxyl groups excluding tert-OH is 2. The molecule has 0 bridgehead atoms. The third-order valence-corrected chi connectivity index (χ3v) is 28.5. The van der Waals surface area contributed by atoms with Gasteiger partial charge in [0.25, 0.3) is 23.6 Å². The van der Waals surface area contributed by atoms with Gasteiger partial charge >= 0.3 is 0 Å². The first kappa shape index (κ1) is 53.1. The van der Waals surface area contributed by atoms with Crippen molar-refractivity contribution in [1.29, 1.82) is 0 Å². The monoisotopic (exact) mass is 1230 g/mol. The molecule has 0 unspecified atom stereocenters. The fourth-order valence-electron chi connectivity index (χ4n) is 12.7. The highest BCUT2D eigenvalue weighted by molar-refractivity contribution is 9.10. The van der Waals surface area contributed by atoms with Gasteiger partial charge in [0.2, 0.25) is 0 Å². The van der Waals surface area contributed by atoms with E-state index in [9.17, 15) is 29.4 Å². The number of carbonyl (C=O) groups is 4. The predicted molar refractivity (Wildman–Crippen MR) is 329 cm³/mol. The molecule has 6 heterocycles. The second-order valence-corrected chi connectivity index (χ2v) is 36.6. The number of nitrogens with one attached hydrogen (secondary N) is 4. The Morgan fingerprint density at radius 2 is 0.975 bits per heavy atom. The van der Waals surface area contributed by atoms with E-state index in [1.165, 1.54) is 0 Å². The fourth-order valence-corrected chi connectivity index (χ4v) is 16.0. The Hall–Kier alpha value is -6.23. The molecule has 410 valence electrons. The van der Waals surface area contributed by atoms with Crippen LogP contribution in [0.5, 0.6) is 0 Å². The summed E-state index contributed by atoms with van der Waals surface area (Å²) < 4.78 is 19.6. The number of hydrogen-bond donors (Lipinski definition) is 6. The van der Waals surface area contributed by atoms with Gasteiger partial charge in [0.15, 0.2) is 16.6 Å². The molecule has 0 radical (unpaired) electrons. The summed E-state index contributed by atoms with van der Waals surface area (Å²) in [5.74, 6) is -1.54. The molecule has 14 nitrogen and oxygen atoms in total. The van der Waals surface area contributed by atoms with Crippen LogP contribution in [0.1, 0.15) is 108 Å². The number of aromatic nitrogens is 4. The SMILES string of the molecule is CC(C)(C)[Si](C)(C)O[C@@H]1C=C[C@H](n2c3ccc(Br)cc3c3c4c(c5c6ccccc6[nH]c5c32)C(=O)NC4=O)C1.CC(C)(C)[Si](C)(C)O[C@H]1C[C@@H](n2c3ccc(Br)cc3c3c4c(c5c6ccccc6[nH]c5c32)C(=O)NC4=O)[C@H](O)[C@@H]1O. The van der Waals surface area contributed by atoms with E-state index >= 15 is 0 Å². The molecule has 14 rings (SSSR count). The number of H-pyrrole nitrogens is 2. The lowest BCUT2D eigenvalue weighted by Gasteiger charge is -2.39. The van der Waals surface area contributed by atoms with Crippen molar-refractivity contribution in [1.82, 2.24) is 29.7 Å². The Morgan fingerprint density at radius 1 is 0.537 bits per heavy atom. The van der Waals surface area contributed by atoms with E-state index in [2.05, 4.69) is 149 Å². The Kier molecular flexibility index (Phi) is 12.0. The minimum atomic E-state index is -2.25. The second-order valence-electron chi connectivity index (χ2n) is 25.2. The molecule has 0 saturated heterocycles. The zero-order valence-electron chi connectivity index (χ0n) is 46.1. The number of para-hydroxylation sites is 2. The second kappa shape index (κ2) is 18.1. The van der Waals surface area contributed by atoms with Crippen molar-refractivity contribution < 1.29 is 38.2 Å². The summed E-state index contributed by atoms with van der Waals surface area (Å²) in [5, 5.41) is 34.5. The molecule has 4 aromatic heterocycles. The molecule has 6 atom stereocenters. The van der Waals surface area contributed by atoms with Gasteiger partial charge in [-0.15, -0.1) is 0 Å². The number of imide groups is 2. The Bertz CT molecular complexity index is 4440. The first-order valence-electron chi connectivity index (χ1n) is 27.3. The highest BCUT2D eigenvalue weighted by Gasteiger charge is 2.50. The molecule has 4 amide bonds. The van der Waals surface area contributed by atoms with E-state index in [0.29, 0.717) is 45.0 Å². The maximum atomic E-state index is 13.4. The van der Waals surface area contributed by atoms with Crippen LogP contribution in [0.3, 0.4) is 0 Å². The number of fused-ring (bicyclic) bond motifs is 20. The normalized spacial score (nSPS) is 21.6. The molecule has 2 aliphatic heterocycles. The third kappa shape index (κ3) is 7.79. The average Bonchev–Trinajstić information content (AvgIpc) is 4.44. The lowest BCUT2D eigenvalue weighted by molar-refractivity contribution is -0.0199. The van der Waals surface area contributed by atoms with E-state index < -0.39 is 52.8 Å². The Balaban J connectivity index is 0.000000151. The lowest BCUT2D eigenvalue weighted by Crippen LogP contribution is -2.46. The number of aromatic amines is 2. The largest absolute Gasteiger partial charge is 0.411 e. The van der Waals surface area contributed by atoms with Crippen LogP contribution in [0.15, 0.2) is 106 Å². The Labute approximate surface area is 479 Å². The van der Waals surface area contributed by atoms with Crippen LogP contribution < -0.4 is 10.6 Å². The summed E-state index contributed by atoms with van der Waals surface area (Å²) in [6.45, 7) is 22.1. The van der Waals surface area contributed by atoms with Crippen molar-refractivity contribution in [3.63, 3.8) is 0 Å². The van der Waals surface area contributed by atoms with Gasteiger partial charge in [-0.1, -0.05) is 122 Å². The van der Waals surface area contributed by atoms with Gasteiger partial charge in [-0.25, -0.2) is 0 Å². The number of carbonyl (C=O) groups excluding carboxylic acids is 4. The van der Waals surface area contributed by atoms with Crippen molar-refractivity contribution in [2.45, 2.75) is 127 Å². The summed E-state index contributed by atoms with van der Waals surface area (Å²) in [5.41, 5.74) is 8.48. The number of allylic oxidation sites excluding steroid dienone is 1. The molecule has 10 aromatic rings. The summed E-state index contributed by atoms with van der Waals surface area (Å²) >= 11 is 7.23. The number of nitrogens with zero attached hydrogens (tertiary/aromatic N) is 2. The van der Waals surface area contributed by atoms with Crippen molar-refractivity contribution in [3.8, 4) is 0 Å². The molecule has 0 spiro atoms. The molecule has 4 aliphatic rings. The van der Waals surface area contributed by atoms with Crippen LogP contribution in [-0.2, 0) is 8.85 Å². The van der Waals surface area contributed by atoms with Crippen LogP contribution in [0, 0.1) is 0 Å². The van der Waals surface area contributed by atoms with E-state index in [1.807, 2.05) is 77.4 Å². The average molecular weight is 1240 g/mol. The number of halogens is 2. The molecular weight excluding hydrogens is 1170 g/mol. The van der Waals surface area contributed by atoms with Crippen LogP contribution in [0.4, 0.5) is 0 Å². The van der Waals surface area contributed by atoms with Gasteiger partial charge in [0.05, 0.1) is 68.6 Å². The molecule has 2 aliphatic carbocycles. The smallest absolute Gasteiger partial charge is 0.259 e. The van der Waals surface area contributed by atoms with Crippen LogP contribution >= 0.6 is 31.9 Å². The highest BCUT2D eigenvalue weighted by Crippen LogP contribution is 2.51. The standard InChI is InChI=1S/C31H32BrN3O5Si.C31H30BrN3O3Si/c1-31(2,3)41(4,5)40-20-13-19(27(36)28(20)37)35-18-11-10-14(32)12-16(18)22-24-23(29(38)34-30(24)39)21-15-8-6-7-9-17(15)33-25(21)26(22)35;1-31(2,3)39(4,5)38-18-12-11-17(15-18)35-22-13-10-16(32)14-20(22)24-26-25(29(36)34-30(26)37)23-19-8-6-7-9-21(19)33-27(23)28(24)35/h6-12,19-20,27-28,33,36-37H,13H2,1-5H3,(H,34,38,39);6-14,17-18,33H,15H2,1-5H3,(H,34,36,37)/t19-,20+,27+,28-;17-,18+/m10/s1. The first-order valence-corrected chi connectivity index (χ1v) is 34.7. The maximum absolute atomic E-state index is 13.4. The number of hydrogen-bond acceptors (Lipinski definition) is 8. The topological polar surface area (TPSA) is 193 Å². The van der Waals surface area contributed by atoms with Crippen LogP contribution in [-0.4, -0.2) is 94.0 Å². The van der Waals surface area contributed by atoms with E-state index in [4.69, 9.17) is 8.85 Å². The van der Waals surface area contributed by atoms with Gasteiger partial charge in [0.1, 0.15) is 12.2 Å². The number of aliphatic hydroxyl groups is 2. The first-order chi connectivity index (χ1) is 37.8. The quantitative estimate of drug-likeness (QED) is 0.0538. The molecule has 1 fully saturated rings. The van der Waals surface area contributed by atoms with Crippen molar-refractivity contribution >= 4 is 159 Å². The summed E-state index contributed by atoms with van der Waals surface area (Å²) in [7, 11) is -4.21. The number of benzene rings is 6. The van der Waals surface area contributed by atoms with Crippen molar-refractivity contribution in [3.05, 3.63) is 128 Å². The highest BCUT2D eigenvalue weighted by atomic mass is 79.9. The zero-order valence-corrected chi connectivity index (χ0v) is 51.3. The fraction of sp³-hybridized carbons (Fsp3) is 0.323. The summed E-state index contributed by atoms with van der Waals surface area (Å²) in [6.07, 6.45) is 2.95. The predicted octanol–water partition coefficient (Wildman–Crippen LogP) is 14.1. The van der Waals surface area contributed by atoms with Gasteiger partial charge in [-0.05, 0) is 91.2 Å². The molecular formula is C62H62Br2N6O8Si2. The number of rotatable bonds is 6. The van der Waals surface area contributed by atoms with Gasteiger partial charge in [0, 0.05) is 80.5 Å². The van der Waals surface area contributed by atoms with E-state index in [1.54, 1.807) is 0 Å². The number of amides is 4. The minimum Gasteiger partial charge on any atom is -0.411 e. The summed E-state index contributed by atoms with van der Waals surface area (Å²) in [4.78, 5) is 60.4. The Morgan fingerprint density at radius 3 is 1.46 bits per heavy atom. The van der Waals surface area contributed by atoms with Gasteiger partial charge < -0.3 is 38.2 Å². The van der Waals surface area contributed by atoms with E-state index in [-0.39, 0.29) is 34.0 Å².